The molecule has 7 nitrogen and oxygen atoms in total. The standard InChI is InChI=1S/C21H18N4O3S2/c1-2-28-15-9-7-14(8-10-15)25-19(27)16-5-3-4-6-17(16)23-21(25)30-13-18(26)24-20-22-11-12-29-20/h3-12H,2,13H2,1H3,(H,22,24,26). The molecule has 0 unspecified atom stereocenters. The molecule has 9 heteroatoms. The van der Waals surface area contributed by atoms with Gasteiger partial charge in [-0.15, -0.1) is 11.3 Å². The minimum atomic E-state index is -0.212. The number of nitrogens with one attached hydrogen (secondary N) is 1. The lowest BCUT2D eigenvalue weighted by Gasteiger charge is -2.13. The Morgan fingerprint density at radius 1 is 1.20 bits per heavy atom. The van der Waals surface area contributed by atoms with Crippen LogP contribution in [0.3, 0.4) is 0 Å². The number of thioether (sulfide) groups is 1. The van der Waals surface area contributed by atoms with Crippen LogP contribution in [0.15, 0.2) is 70.1 Å². The molecule has 4 aromatic rings. The summed E-state index contributed by atoms with van der Waals surface area (Å²) in [7, 11) is 0. The van der Waals surface area contributed by atoms with Gasteiger partial charge in [0, 0.05) is 11.6 Å². The van der Waals surface area contributed by atoms with Crippen LogP contribution in [0.2, 0.25) is 0 Å². The molecule has 0 radical (unpaired) electrons. The van der Waals surface area contributed by atoms with Gasteiger partial charge in [-0.3, -0.25) is 14.2 Å². The number of carbonyl (C=O) groups excluding carboxylic acids is 1. The third kappa shape index (κ3) is 4.37. The van der Waals surface area contributed by atoms with Gasteiger partial charge >= 0.3 is 0 Å². The smallest absolute Gasteiger partial charge is 0.266 e. The van der Waals surface area contributed by atoms with E-state index in [2.05, 4.69) is 15.3 Å². The second-order valence-corrected chi connectivity index (χ2v) is 7.99. The molecule has 152 valence electrons. The lowest BCUT2D eigenvalue weighted by atomic mass is 10.2. The van der Waals surface area contributed by atoms with Crippen molar-refractivity contribution in [1.29, 1.82) is 0 Å². The van der Waals surface area contributed by atoms with E-state index in [0.717, 1.165) is 5.75 Å². The molecule has 30 heavy (non-hydrogen) atoms. The molecule has 0 saturated carbocycles. The van der Waals surface area contributed by atoms with Gasteiger partial charge in [0.1, 0.15) is 5.75 Å². The number of rotatable bonds is 7. The average molecular weight is 439 g/mol. The molecule has 4 rings (SSSR count). The number of nitrogens with zero attached hydrogens (tertiary/aromatic N) is 3. The minimum Gasteiger partial charge on any atom is -0.494 e. The molecular weight excluding hydrogens is 420 g/mol. The predicted octanol–water partition coefficient (Wildman–Crippen LogP) is 3.97. The normalized spacial score (nSPS) is 10.8. The summed E-state index contributed by atoms with van der Waals surface area (Å²) in [5, 5.41) is 6.03. The molecule has 0 fully saturated rings. The largest absolute Gasteiger partial charge is 0.494 e. The molecule has 2 aromatic heterocycles. The Bertz CT molecular complexity index is 1220. The highest BCUT2D eigenvalue weighted by atomic mass is 32.2. The third-order valence-electron chi connectivity index (χ3n) is 4.16. The zero-order chi connectivity index (χ0) is 20.9. The first-order valence-corrected chi connectivity index (χ1v) is 11.1. The third-order valence-corrected chi connectivity index (χ3v) is 5.79. The zero-order valence-corrected chi connectivity index (χ0v) is 17.7. The lowest BCUT2D eigenvalue weighted by Crippen LogP contribution is -2.23. The van der Waals surface area contributed by atoms with Crippen molar-refractivity contribution in [1.82, 2.24) is 14.5 Å². The summed E-state index contributed by atoms with van der Waals surface area (Å²) in [4.78, 5) is 34.2. The Balaban J connectivity index is 1.69. The first kappa shape index (κ1) is 20.1. The number of aromatic nitrogens is 3. The summed E-state index contributed by atoms with van der Waals surface area (Å²) in [5.74, 6) is 0.608. The SMILES string of the molecule is CCOc1ccc(-n2c(SCC(=O)Nc3nccs3)nc3ccccc3c2=O)cc1. The van der Waals surface area contributed by atoms with Crippen molar-refractivity contribution < 1.29 is 9.53 Å². The zero-order valence-electron chi connectivity index (χ0n) is 16.1. The molecule has 0 bridgehead atoms. The van der Waals surface area contributed by atoms with Crippen molar-refractivity contribution in [2.45, 2.75) is 12.1 Å². The van der Waals surface area contributed by atoms with Crippen molar-refractivity contribution in [3.8, 4) is 11.4 Å². The molecule has 0 atom stereocenters. The predicted molar refractivity (Wildman–Crippen MR) is 120 cm³/mol. The van der Waals surface area contributed by atoms with Crippen LogP contribution in [-0.4, -0.2) is 32.8 Å². The number of amides is 1. The molecule has 1 amide bonds. The van der Waals surface area contributed by atoms with Crippen molar-refractivity contribution in [3.05, 3.63) is 70.5 Å². The Morgan fingerprint density at radius 3 is 2.73 bits per heavy atom. The van der Waals surface area contributed by atoms with E-state index in [0.29, 0.717) is 33.5 Å². The molecule has 0 aliphatic heterocycles. The first-order chi connectivity index (χ1) is 14.7. The van der Waals surface area contributed by atoms with Crippen molar-refractivity contribution >= 4 is 45.0 Å². The van der Waals surface area contributed by atoms with Gasteiger partial charge in [0.15, 0.2) is 10.3 Å². The van der Waals surface area contributed by atoms with Crippen LogP contribution in [-0.2, 0) is 4.79 Å². The first-order valence-electron chi connectivity index (χ1n) is 9.23. The summed E-state index contributed by atoms with van der Waals surface area (Å²) in [5.41, 5.74) is 1.06. The maximum atomic E-state index is 13.2. The van der Waals surface area contributed by atoms with Gasteiger partial charge in [-0.1, -0.05) is 23.9 Å². The number of thiazole rings is 1. The van der Waals surface area contributed by atoms with Crippen LogP contribution in [0, 0.1) is 0 Å². The van der Waals surface area contributed by atoms with Crippen LogP contribution in [0.1, 0.15) is 6.92 Å². The fourth-order valence-corrected chi connectivity index (χ4v) is 4.22. The molecule has 0 aliphatic carbocycles. The maximum Gasteiger partial charge on any atom is 0.266 e. The highest BCUT2D eigenvalue weighted by Crippen LogP contribution is 2.23. The van der Waals surface area contributed by atoms with E-state index in [1.807, 2.05) is 43.3 Å². The Labute approximate surface area is 180 Å². The van der Waals surface area contributed by atoms with Gasteiger partial charge in [-0.2, -0.15) is 0 Å². The van der Waals surface area contributed by atoms with Crippen LogP contribution in [0.5, 0.6) is 5.75 Å². The fourth-order valence-electron chi connectivity index (χ4n) is 2.87. The number of para-hydroxylation sites is 1. The summed E-state index contributed by atoms with van der Waals surface area (Å²) >= 11 is 2.55. The van der Waals surface area contributed by atoms with Crippen molar-refractivity contribution in [2.24, 2.45) is 0 Å². The molecule has 2 aromatic carbocycles. The van der Waals surface area contributed by atoms with Crippen LogP contribution in [0.4, 0.5) is 5.13 Å². The number of anilines is 1. The van der Waals surface area contributed by atoms with Gasteiger partial charge in [0.25, 0.3) is 5.56 Å². The van der Waals surface area contributed by atoms with Gasteiger partial charge in [0.2, 0.25) is 5.91 Å². The van der Waals surface area contributed by atoms with Gasteiger partial charge < -0.3 is 10.1 Å². The highest BCUT2D eigenvalue weighted by molar-refractivity contribution is 7.99. The second-order valence-electron chi connectivity index (χ2n) is 6.15. The van der Waals surface area contributed by atoms with E-state index in [4.69, 9.17) is 4.74 Å². The van der Waals surface area contributed by atoms with Crippen molar-refractivity contribution in [2.75, 3.05) is 17.7 Å². The molecule has 1 N–H and O–H groups in total. The monoisotopic (exact) mass is 438 g/mol. The quantitative estimate of drug-likeness (QED) is 0.347. The Morgan fingerprint density at radius 2 is 2.00 bits per heavy atom. The highest BCUT2D eigenvalue weighted by Gasteiger charge is 2.15. The number of carbonyl (C=O) groups is 1. The van der Waals surface area contributed by atoms with Gasteiger partial charge in [0.05, 0.1) is 29.0 Å². The molecule has 2 heterocycles. The molecule has 0 aliphatic rings. The molecule has 0 spiro atoms. The van der Waals surface area contributed by atoms with Gasteiger partial charge in [-0.25, -0.2) is 9.97 Å². The van der Waals surface area contributed by atoms with Gasteiger partial charge in [-0.05, 0) is 43.3 Å². The minimum absolute atomic E-state index is 0.0986. The second kappa shape index (κ2) is 9.10. The number of ether oxygens (including phenoxy) is 1. The summed E-state index contributed by atoms with van der Waals surface area (Å²) in [6.07, 6.45) is 1.63. The number of benzene rings is 2. The average Bonchev–Trinajstić information content (AvgIpc) is 3.26. The van der Waals surface area contributed by atoms with E-state index < -0.39 is 0 Å². The Hall–Kier alpha value is -3.17. The van der Waals surface area contributed by atoms with E-state index >= 15 is 0 Å². The Kier molecular flexibility index (Phi) is 6.10. The number of hydrogen-bond acceptors (Lipinski definition) is 7. The van der Waals surface area contributed by atoms with E-state index in [1.54, 1.807) is 23.7 Å². The summed E-state index contributed by atoms with van der Waals surface area (Å²) in [6, 6.07) is 14.4. The number of hydrogen-bond donors (Lipinski definition) is 1. The molecular formula is C21H18N4O3S2. The number of fused-ring (bicyclic) bond motifs is 1. The topological polar surface area (TPSA) is 86.1 Å². The fraction of sp³-hybridized carbons (Fsp3) is 0.143. The van der Waals surface area contributed by atoms with Crippen LogP contribution >= 0.6 is 23.1 Å². The van der Waals surface area contributed by atoms with E-state index in [-0.39, 0.29) is 17.2 Å². The van der Waals surface area contributed by atoms with Crippen LogP contribution < -0.4 is 15.6 Å². The van der Waals surface area contributed by atoms with E-state index in [9.17, 15) is 9.59 Å². The molecule has 0 saturated heterocycles. The maximum absolute atomic E-state index is 13.2. The summed E-state index contributed by atoms with van der Waals surface area (Å²) in [6.45, 7) is 2.48. The van der Waals surface area contributed by atoms with Crippen molar-refractivity contribution in [3.63, 3.8) is 0 Å². The lowest BCUT2D eigenvalue weighted by molar-refractivity contribution is -0.113. The summed E-state index contributed by atoms with van der Waals surface area (Å²) < 4.78 is 7.02. The van der Waals surface area contributed by atoms with Crippen LogP contribution in [0.25, 0.3) is 16.6 Å². The van der Waals surface area contributed by atoms with E-state index in [1.165, 1.54) is 27.7 Å².